The summed E-state index contributed by atoms with van der Waals surface area (Å²) in [5, 5.41) is 5.51. The Kier molecular flexibility index (Phi) is 5.98. The number of hydrogen-bond acceptors (Lipinski definition) is 5. The number of rotatable bonds is 5. The molecule has 5 rings (SSSR count). The van der Waals surface area contributed by atoms with E-state index < -0.39 is 5.91 Å². The molecule has 1 aromatic heterocycles. The number of hydrogen-bond donors (Lipinski definition) is 1. The first-order chi connectivity index (χ1) is 15.2. The summed E-state index contributed by atoms with van der Waals surface area (Å²) in [7, 11) is 0. The van der Waals surface area contributed by atoms with E-state index in [2.05, 4.69) is 50.9 Å². The molecule has 0 spiro atoms. The minimum absolute atomic E-state index is 0.450. The second-order valence-corrected chi connectivity index (χ2v) is 9.73. The van der Waals surface area contributed by atoms with Crippen molar-refractivity contribution in [3.05, 3.63) is 59.8 Å². The number of nitrogens with two attached hydrogens (primary N) is 1. The maximum Gasteiger partial charge on any atom is 0.250 e. The predicted molar refractivity (Wildman–Crippen MR) is 127 cm³/mol. The van der Waals surface area contributed by atoms with E-state index in [1.165, 1.54) is 56.1 Å². The van der Waals surface area contributed by atoms with Gasteiger partial charge in [0.25, 0.3) is 5.91 Å². The minimum Gasteiger partial charge on any atom is -0.366 e. The van der Waals surface area contributed by atoms with Crippen molar-refractivity contribution in [2.75, 3.05) is 37.7 Å². The number of carbonyl (C=O) groups is 1. The molecule has 2 aliphatic heterocycles. The Labute approximate surface area is 187 Å². The van der Waals surface area contributed by atoms with Gasteiger partial charge >= 0.3 is 0 Å². The van der Waals surface area contributed by atoms with Crippen molar-refractivity contribution in [3.63, 3.8) is 0 Å². The van der Waals surface area contributed by atoms with E-state index >= 15 is 0 Å². The minimum atomic E-state index is -0.450. The van der Waals surface area contributed by atoms with E-state index in [9.17, 15) is 4.79 Å². The summed E-state index contributed by atoms with van der Waals surface area (Å²) in [6.45, 7) is 5.88. The number of thioether (sulfide) groups is 1. The Morgan fingerprint density at radius 2 is 1.77 bits per heavy atom. The van der Waals surface area contributed by atoms with Crippen molar-refractivity contribution in [3.8, 4) is 5.69 Å². The fourth-order valence-electron chi connectivity index (χ4n) is 4.77. The van der Waals surface area contributed by atoms with E-state index in [0.29, 0.717) is 11.1 Å². The number of nitrogens with zero attached hydrogens (tertiary/aromatic N) is 4. The molecule has 2 N–H and O–H groups in total. The van der Waals surface area contributed by atoms with Crippen LogP contribution in [-0.2, 0) is 6.54 Å². The van der Waals surface area contributed by atoms with Crippen LogP contribution in [0.1, 0.15) is 28.8 Å². The molecule has 2 saturated heterocycles. The molecule has 0 unspecified atom stereocenters. The molecule has 3 aromatic rings. The normalized spacial score (nSPS) is 19.1. The summed E-state index contributed by atoms with van der Waals surface area (Å²) in [6.07, 6.45) is 4.51. The fraction of sp³-hybridized carbons (Fsp3) is 0.417. The van der Waals surface area contributed by atoms with Crippen LogP contribution < -0.4 is 5.73 Å². The molecule has 2 aliphatic rings. The second-order valence-electron chi connectivity index (χ2n) is 8.50. The Balaban J connectivity index is 1.22. The molecule has 162 valence electrons. The lowest BCUT2D eigenvalue weighted by Gasteiger charge is -2.40. The lowest BCUT2D eigenvalue weighted by molar-refractivity contribution is 0.100. The van der Waals surface area contributed by atoms with Crippen molar-refractivity contribution < 1.29 is 4.79 Å². The highest BCUT2D eigenvalue weighted by molar-refractivity contribution is 7.99. The molecule has 0 bridgehead atoms. The number of piperidine rings is 1. The molecule has 0 atom stereocenters. The molecule has 2 aromatic carbocycles. The Bertz CT molecular complexity index is 1050. The summed E-state index contributed by atoms with van der Waals surface area (Å²) >= 11 is 2.09. The van der Waals surface area contributed by atoms with Crippen LogP contribution in [0.5, 0.6) is 0 Å². The molecule has 31 heavy (non-hydrogen) atoms. The van der Waals surface area contributed by atoms with Gasteiger partial charge in [-0.3, -0.25) is 14.6 Å². The first kappa shape index (κ1) is 20.5. The van der Waals surface area contributed by atoms with E-state index in [-0.39, 0.29) is 0 Å². The lowest BCUT2D eigenvalue weighted by Crippen LogP contribution is -2.47. The Morgan fingerprint density at radius 3 is 2.48 bits per heavy atom. The molecule has 3 heterocycles. The van der Waals surface area contributed by atoms with Crippen molar-refractivity contribution in [2.24, 2.45) is 5.73 Å². The van der Waals surface area contributed by atoms with Crippen LogP contribution in [0.15, 0.2) is 48.7 Å². The van der Waals surface area contributed by atoms with Gasteiger partial charge in [0, 0.05) is 48.8 Å². The second kappa shape index (κ2) is 9.02. The van der Waals surface area contributed by atoms with E-state index in [1.807, 2.05) is 23.0 Å². The smallest absolute Gasteiger partial charge is 0.250 e. The third-order valence-electron chi connectivity index (χ3n) is 6.53. The van der Waals surface area contributed by atoms with Gasteiger partial charge in [0.05, 0.1) is 11.3 Å². The number of likely N-dealkylation sites (tertiary alicyclic amines) is 1. The quantitative estimate of drug-likeness (QED) is 0.667. The molecule has 6 nitrogen and oxygen atoms in total. The molecule has 7 heteroatoms. The third kappa shape index (κ3) is 4.49. The average molecular weight is 436 g/mol. The molecular weight excluding hydrogens is 406 g/mol. The van der Waals surface area contributed by atoms with Crippen LogP contribution in [-0.4, -0.2) is 69.2 Å². The van der Waals surface area contributed by atoms with E-state index in [4.69, 9.17) is 5.73 Å². The topological polar surface area (TPSA) is 67.4 Å². The number of benzene rings is 2. The highest BCUT2D eigenvalue weighted by Crippen LogP contribution is 2.23. The van der Waals surface area contributed by atoms with Gasteiger partial charge in [-0.05, 0) is 49.7 Å². The van der Waals surface area contributed by atoms with Crippen LogP contribution in [0, 0.1) is 0 Å². The first-order valence-electron chi connectivity index (χ1n) is 11.1. The molecule has 0 aliphatic carbocycles. The number of aromatic nitrogens is 2. The predicted octanol–water partition coefficient (Wildman–Crippen LogP) is 3.14. The Morgan fingerprint density at radius 1 is 1.03 bits per heavy atom. The van der Waals surface area contributed by atoms with Gasteiger partial charge in [-0.2, -0.15) is 16.9 Å². The van der Waals surface area contributed by atoms with E-state index in [0.717, 1.165) is 23.7 Å². The zero-order chi connectivity index (χ0) is 21.2. The molecular formula is C24H29N5OS. The van der Waals surface area contributed by atoms with Crippen LogP contribution in [0.3, 0.4) is 0 Å². The fourth-order valence-corrected chi connectivity index (χ4v) is 5.71. The van der Waals surface area contributed by atoms with E-state index in [1.54, 1.807) is 6.07 Å². The molecule has 2 fully saturated rings. The largest absolute Gasteiger partial charge is 0.366 e. The van der Waals surface area contributed by atoms with Gasteiger partial charge < -0.3 is 5.73 Å². The van der Waals surface area contributed by atoms with Crippen LogP contribution in [0.2, 0.25) is 0 Å². The van der Waals surface area contributed by atoms with Gasteiger partial charge in [-0.25, -0.2) is 4.68 Å². The number of primary amides is 1. The average Bonchev–Trinajstić information content (AvgIpc) is 3.25. The molecule has 0 saturated carbocycles. The van der Waals surface area contributed by atoms with Crippen molar-refractivity contribution in [2.45, 2.75) is 25.4 Å². The van der Waals surface area contributed by atoms with Crippen LogP contribution in [0.25, 0.3) is 16.6 Å². The number of carbonyl (C=O) groups excluding carboxylic acids is 1. The van der Waals surface area contributed by atoms with Gasteiger partial charge in [-0.1, -0.05) is 24.3 Å². The summed E-state index contributed by atoms with van der Waals surface area (Å²) < 4.78 is 1.82. The first-order valence-corrected chi connectivity index (χ1v) is 12.2. The van der Waals surface area contributed by atoms with Crippen LogP contribution in [0.4, 0.5) is 0 Å². The lowest BCUT2D eigenvalue weighted by atomic mass is 10.0. The summed E-state index contributed by atoms with van der Waals surface area (Å²) in [5.74, 6) is 2.14. The highest BCUT2D eigenvalue weighted by atomic mass is 32.2. The Hall–Kier alpha value is -2.35. The van der Waals surface area contributed by atoms with Crippen LogP contribution >= 0.6 is 11.8 Å². The number of amides is 1. The SMILES string of the molecule is NC(=O)c1cccc2cn(-c3ccc(CN4CCC(N5CCSCC5)CC4)cc3)nc12. The van der Waals surface area contributed by atoms with Crippen molar-refractivity contribution >= 4 is 28.6 Å². The van der Waals surface area contributed by atoms with Gasteiger partial charge in [0.1, 0.15) is 5.52 Å². The standard InChI is InChI=1S/C24H29N5OS/c25-24(30)22-3-1-2-19-17-29(26-23(19)22)21-6-4-18(5-7-21)16-27-10-8-20(9-11-27)28-12-14-31-15-13-28/h1-7,17,20H,8-16H2,(H2,25,30). The zero-order valence-corrected chi connectivity index (χ0v) is 18.6. The summed E-state index contributed by atoms with van der Waals surface area (Å²) in [6, 6.07) is 14.9. The highest BCUT2D eigenvalue weighted by Gasteiger charge is 2.25. The van der Waals surface area contributed by atoms with Gasteiger partial charge in [0.15, 0.2) is 0 Å². The maximum atomic E-state index is 11.7. The van der Waals surface area contributed by atoms with Gasteiger partial charge in [0.2, 0.25) is 0 Å². The van der Waals surface area contributed by atoms with Crippen molar-refractivity contribution in [1.29, 1.82) is 0 Å². The maximum absolute atomic E-state index is 11.7. The summed E-state index contributed by atoms with van der Waals surface area (Å²) in [5.41, 5.74) is 8.90. The molecule has 1 amide bonds. The van der Waals surface area contributed by atoms with Gasteiger partial charge in [-0.15, -0.1) is 0 Å². The van der Waals surface area contributed by atoms with Crippen molar-refractivity contribution in [1.82, 2.24) is 19.6 Å². The third-order valence-corrected chi connectivity index (χ3v) is 7.47. The zero-order valence-electron chi connectivity index (χ0n) is 17.7. The molecule has 0 radical (unpaired) electrons. The summed E-state index contributed by atoms with van der Waals surface area (Å²) in [4.78, 5) is 17.0. The number of fused-ring (bicyclic) bond motifs is 1. The monoisotopic (exact) mass is 435 g/mol.